The van der Waals surface area contributed by atoms with Crippen molar-refractivity contribution in [2.45, 2.75) is 341 Å². The number of carbonyl (C=O) groups excluding carboxylic acids is 4. The van der Waals surface area contributed by atoms with Gasteiger partial charge in [-0.2, -0.15) is 0 Å². The van der Waals surface area contributed by atoms with Crippen molar-refractivity contribution in [3.8, 4) is 0 Å². The van der Waals surface area contributed by atoms with Crippen molar-refractivity contribution >= 4 is 39.5 Å². The number of aliphatic hydroxyl groups excluding tert-OH is 1. The predicted molar refractivity (Wildman–Crippen MR) is 436 cm³/mol. The van der Waals surface area contributed by atoms with Gasteiger partial charge in [0.15, 0.2) is 12.2 Å². The number of phosphoric acid groups is 2. The number of hydrogen-bond donors (Lipinski definition) is 3. The summed E-state index contributed by atoms with van der Waals surface area (Å²) in [4.78, 5) is 73.1. The van der Waals surface area contributed by atoms with Crippen LogP contribution in [0.2, 0.25) is 0 Å². The monoisotopic (exact) mass is 1530 g/mol. The van der Waals surface area contributed by atoms with Gasteiger partial charge < -0.3 is 33.8 Å². The average Bonchev–Trinajstić information content (AvgIpc) is 0.933. The molecule has 5 unspecified atom stereocenters. The van der Waals surface area contributed by atoms with Gasteiger partial charge in [-0.15, -0.1) is 0 Å². The van der Waals surface area contributed by atoms with Crippen LogP contribution in [0.15, 0.2) is 146 Å². The molecule has 19 heteroatoms. The maximum Gasteiger partial charge on any atom is 0.472 e. The first kappa shape index (κ1) is 101. The van der Waals surface area contributed by atoms with Gasteiger partial charge in [-0.1, -0.05) is 315 Å². The van der Waals surface area contributed by atoms with Gasteiger partial charge in [-0.25, -0.2) is 9.13 Å². The summed E-state index contributed by atoms with van der Waals surface area (Å²) in [6.07, 6.45) is 89.8. The molecule has 0 aliphatic heterocycles. The van der Waals surface area contributed by atoms with Crippen LogP contribution in [0.5, 0.6) is 0 Å². The zero-order chi connectivity index (χ0) is 77.4. The Hall–Kier alpha value is -5.06. The largest absolute Gasteiger partial charge is 0.472 e. The molecule has 0 bridgehead atoms. The molecule has 0 saturated carbocycles. The van der Waals surface area contributed by atoms with E-state index in [9.17, 15) is 43.2 Å². The maximum atomic E-state index is 13.1. The molecule has 0 rings (SSSR count). The van der Waals surface area contributed by atoms with Crippen LogP contribution < -0.4 is 0 Å². The summed E-state index contributed by atoms with van der Waals surface area (Å²) >= 11 is 0. The van der Waals surface area contributed by atoms with Gasteiger partial charge >= 0.3 is 39.5 Å². The number of unbranched alkanes of at least 4 members (excludes halogenated alkanes) is 26. The first-order valence-corrected chi connectivity index (χ1v) is 44.1. The molecule has 0 aliphatic carbocycles. The highest BCUT2D eigenvalue weighted by Gasteiger charge is 2.30. The minimum absolute atomic E-state index is 0.0346. The van der Waals surface area contributed by atoms with Crippen molar-refractivity contribution < 1.29 is 80.2 Å². The fourth-order valence-electron chi connectivity index (χ4n) is 10.6. The third-order valence-electron chi connectivity index (χ3n) is 16.8. The molecule has 106 heavy (non-hydrogen) atoms. The summed E-state index contributed by atoms with van der Waals surface area (Å²) in [5.41, 5.74) is 0. The number of carbonyl (C=O) groups is 4. The first-order valence-electron chi connectivity index (χ1n) is 41.1. The second-order valence-electron chi connectivity index (χ2n) is 27.0. The normalized spacial score (nSPS) is 14.6. The van der Waals surface area contributed by atoms with Crippen LogP contribution >= 0.6 is 15.6 Å². The van der Waals surface area contributed by atoms with E-state index >= 15 is 0 Å². The molecule has 0 aromatic carbocycles. The van der Waals surface area contributed by atoms with Crippen molar-refractivity contribution in [1.82, 2.24) is 0 Å². The van der Waals surface area contributed by atoms with Crippen molar-refractivity contribution in [3.63, 3.8) is 0 Å². The van der Waals surface area contributed by atoms with Crippen LogP contribution in [0.1, 0.15) is 323 Å². The van der Waals surface area contributed by atoms with Crippen molar-refractivity contribution in [2.75, 3.05) is 39.6 Å². The molecule has 0 aromatic rings. The average molecular weight is 1530 g/mol. The molecule has 0 heterocycles. The standard InChI is InChI=1S/C87H146O17P2/c1-5-9-13-17-21-25-29-33-36-38-40-42-45-48-51-55-59-63-67-71-84(89)97-77-82(103-86(91)73-69-65-61-57-53-47-32-28-24-20-16-12-8-4)79-101-105(93,94)99-75-81(88)76-100-106(95,96)102-80-83(104-87(92)74-70-66-62-58-54-50-44-35-31-27-23-19-15-11-7-3)78-98-85(90)72-68-64-60-56-52-49-46-43-41-39-37-34-30-26-22-18-14-10-6-2/h9-10,13-14,16,20-22,25-26,28,32-34,36-37,40-43,49,52,60,64,81-83,88H,5-8,11-12,15,17-19,23-24,27,29-31,35,38-39,44-48,50-51,53-59,61-63,65-80H2,1-4H3,(H,93,94)(H,95,96)/b13-9-,14-10-,20-16-,25-21-,26-22-,32-28-,36-33-,37-34-,42-40-,43-41-,52-49-,64-60-. The van der Waals surface area contributed by atoms with E-state index in [-0.39, 0.29) is 25.7 Å². The Morgan fingerprint density at radius 1 is 0.274 bits per heavy atom. The van der Waals surface area contributed by atoms with Gasteiger partial charge in [0.2, 0.25) is 0 Å². The maximum absolute atomic E-state index is 13.1. The van der Waals surface area contributed by atoms with Crippen LogP contribution in [0, 0.1) is 0 Å². The Morgan fingerprint density at radius 2 is 0.528 bits per heavy atom. The van der Waals surface area contributed by atoms with Gasteiger partial charge in [0, 0.05) is 25.7 Å². The number of allylic oxidation sites excluding steroid dienone is 24. The fraction of sp³-hybridized carbons (Fsp3) is 0.678. The Labute approximate surface area is 643 Å². The van der Waals surface area contributed by atoms with Gasteiger partial charge in [0.1, 0.15) is 19.3 Å². The quantitative estimate of drug-likeness (QED) is 0.0169. The van der Waals surface area contributed by atoms with Gasteiger partial charge in [0.25, 0.3) is 0 Å². The Balaban J connectivity index is 5.42. The molecule has 0 amide bonds. The minimum atomic E-state index is -5.00. The Kier molecular flexibility index (Phi) is 74.3. The van der Waals surface area contributed by atoms with E-state index in [1.54, 1.807) is 0 Å². The van der Waals surface area contributed by atoms with E-state index in [0.29, 0.717) is 32.1 Å². The van der Waals surface area contributed by atoms with Crippen LogP contribution in [-0.4, -0.2) is 96.7 Å². The zero-order valence-electron chi connectivity index (χ0n) is 66.3. The fourth-order valence-corrected chi connectivity index (χ4v) is 12.2. The third kappa shape index (κ3) is 77.1. The lowest BCUT2D eigenvalue weighted by atomic mass is 10.0. The van der Waals surface area contributed by atoms with Crippen LogP contribution in [-0.2, 0) is 65.4 Å². The molecule has 0 aromatic heterocycles. The molecule has 3 N–H and O–H groups in total. The number of phosphoric ester groups is 2. The Bertz CT molecular complexity index is 2580. The number of rotatable bonds is 76. The second-order valence-corrected chi connectivity index (χ2v) is 29.9. The predicted octanol–water partition coefficient (Wildman–Crippen LogP) is 24.2. The highest BCUT2D eigenvalue weighted by Crippen LogP contribution is 2.45. The number of aliphatic hydroxyl groups is 1. The lowest BCUT2D eigenvalue weighted by molar-refractivity contribution is -0.161. The van der Waals surface area contributed by atoms with Crippen LogP contribution in [0.3, 0.4) is 0 Å². The van der Waals surface area contributed by atoms with Crippen molar-refractivity contribution in [1.29, 1.82) is 0 Å². The van der Waals surface area contributed by atoms with Crippen LogP contribution in [0.4, 0.5) is 0 Å². The summed E-state index contributed by atoms with van der Waals surface area (Å²) in [5, 5.41) is 10.7. The number of esters is 4. The number of hydrogen-bond acceptors (Lipinski definition) is 15. The summed E-state index contributed by atoms with van der Waals surface area (Å²) in [7, 11) is -9.99. The molecule has 606 valence electrons. The van der Waals surface area contributed by atoms with E-state index in [4.69, 9.17) is 37.0 Å². The summed E-state index contributed by atoms with van der Waals surface area (Å²) in [6.45, 7) is 4.49. The minimum Gasteiger partial charge on any atom is -0.462 e. The summed E-state index contributed by atoms with van der Waals surface area (Å²) in [5.74, 6) is -2.30. The van der Waals surface area contributed by atoms with Crippen molar-refractivity contribution in [2.24, 2.45) is 0 Å². The zero-order valence-corrected chi connectivity index (χ0v) is 68.1. The lowest BCUT2D eigenvalue weighted by Crippen LogP contribution is -2.30. The molecule has 17 nitrogen and oxygen atoms in total. The highest BCUT2D eigenvalue weighted by atomic mass is 31.2. The molecule has 0 spiro atoms. The van der Waals surface area contributed by atoms with E-state index < -0.39 is 97.5 Å². The van der Waals surface area contributed by atoms with Gasteiger partial charge in [-0.05, 0) is 128 Å². The molecular weight excluding hydrogens is 1380 g/mol. The highest BCUT2D eigenvalue weighted by molar-refractivity contribution is 7.47. The summed E-state index contributed by atoms with van der Waals surface area (Å²) in [6, 6.07) is 0. The van der Waals surface area contributed by atoms with E-state index in [1.165, 1.54) is 64.2 Å². The molecule has 0 fully saturated rings. The molecule has 0 saturated heterocycles. The summed E-state index contributed by atoms with van der Waals surface area (Å²) < 4.78 is 68.6. The van der Waals surface area contributed by atoms with E-state index in [2.05, 4.69) is 155 Å². The smallest absolute Gasteiger partial charge is 0.462 e. The van der Waals surface area contributed by atoms with Gasteiger partial charge in [-0.3, -0.25) is 37.3 Å². The molecule has 0 radical (unpaired) electrons. The van der Waals surface area contributed by atoms with Gasteiger partial charge in [0.05, 0.1) is 26.4 Å². The van der Waals surface area contributed by atoms with E-state index in [0.717, 1.165) is 173 Å². The SMILES string of the molecule is CC/C=C\C/C=C\C/C=C\C/C=C\C/C=C\C/C=C\CCC(=O)OCC(COP(=O)(O)OCC(O)COP(=O)(O)OCC(COC(=O)CCCCCCCC/C=C\C/C=C\C/C=C\C/C=C\CC)OC(=O)CCCCCCC/C=C\C/C=C\CCC)OC(=O)CCCCCCCCCCCCCCCCC. The topological polar surface area (TPSA) is 237 Å². The lowest BCUT2D eigenvalue weighted by Gasteiger charge is -2.21. The van der Waals surface area contributed by atoms with Crippen molar-refractivity contribution in [3.05, 3.63) is 146 Å². The first-order chi connectivity index (χ1) is 51.7. The van der Waals surface area contributed by atoms with E-state index in [1.807, 2.05) is 18.2 Å². The molecular formula is C87H146O17P2. The third-order valence-corrected chi connectivity index (χ3v) is 18.7. The second kappa shape index (κ2) is 78.1. The number of ether oxygens (including phenoxy) is 4. The molecule has 0 aliphatic rings. The Morgan fingerprint density at radius 3 is 0.849 bits per heavy atom. The molecule has 5 atom stereocenters. The van der Waals surface area contributed by atoms with Crippen LogP contribution in [0.25, 0.3) is 0 Å².